The number of hydrogen-bond donors (Lipinski definition) is 2. The van der Waals surface area contributed by atoms with E-state index in [4.69, 9.17) is 4.74 Å². The van der Waals surface area contributed by atoms with Crippen molar-refractivity contribution >= 4 is 39.1 Å². The molecule has 2 rings (SSSR count). The Morgan fingerprint density at radius 1 is 1.04 bits per heavy atom. The highest BCUT2D eigenvalue weighted by Gasteiger charge is 2.16. The molecule has 0 spiro atoms. The van der Waals surface area contributed by atoms with E-state index in [1.807, 2.05) is 19.1 Å². The van der Waals surface area contributed by atoms with Crippen LogP contribution in [0, 0.1) is 6.92 Å². The van der Waals surface area contributed by atoms with Crippen molar-refractivity contribution in [2.45, 2.75) is 26.9 Å². The lowest BCUT2D eigenvalue weighted by Gasteiger charge is -2.17. The molecule has 126 valence electrons. The van der Waals surface area contributed by atoms with Crippen LogP contribution in [0.2, 0.25) is 0 Å². The van der Waals surface area contributed by atoms with Crippen LogP contribution in [0.1, 0.15) is 19.4 Å². The average molecular weight is 391 g/mol. The van der Waals surface area contributed by atoms with E-state index in [1.165, 1.54) is 6.92 Å². The van der Waals surface area contributed by atoms with Crippen molar-refractivity contribution in [3.63, 3.8) is 0 Å². The number of halogens is 1. The standard InChI is InChI=1S/C18H19BrN2O3/c1-11-16(20-13(3)22)5-4-6-17(11)21-18(23)12(2)24-15-9-7-14(19)8-10-15/h4-10,12H,1-3H3,(H,20,22)(H,21,23). The molecule has 0 heterocycles. The zero-order valence-corrected chi connectivity index (χ0v) is 15.3. The summed E-state index contributed by atoms with van der Waals surface area (Å²) in [6.45, 7) is 4.96. The Balaban J connectivity index is 2.05. The van der Waals surface area contributed by atoms with Gasteiger partial charge in [0.15, 0.2) is 6.10 Å². The molecular formula is C18H19BrN2O3. The molecule has 0 aliphatic carbocycles. The summed E-state index contributed by atoms with van der Waals surface area (Å²) in [6, 6.07) is 12.6. The topological polar surface area (TPSA) is 67.4 Å². The number of rotatable bonds is 5. The molecule has 2 N–H and O–H groups in total. The largest absolute Gasteiger partial charge is 0.481 e. The normalized spacial score (nSPS) is 11.5. The molecule has 6 heteroatoms. The third-order valence-corrected chi connectivity index (χ3v) is 3.93. The quantitative estimate of drug-likeness (QED) is 0.806. The van der Waals surface area contributed by atoms with Gasteiger partial charge in [-0.15, -0.1) is 0 Å². The predicted octanol–water partition coefficient (Wildman–Crippen LogP) is 4.12. The highest BCUT2D eigenvalue weighted by atomic mass is 79.9. The fourth-order valence-electron chi connectivity index (χ4n) is 2.10. The summed E-state index contributed by atoms with van der Waals surface area (Å²) in [7, 11) is 0. The summed E-state index contributed by atoms with van der Waals surface area (Å²) >= 11 is 3.35. The molecule has 0 bridgehead atoms. The van der Waals surface area contributed by atoms with Gasteiger partial charge in [-0.1, -0.05) is 22.0 Å². The van der Waals surface area contributed by atoms with Crippen LogP contribution in [0.5, 0.6) is 5.75 Å². The molecule has 0 aromatic heterocycles. The molecule has 1 unspecified atom stereocenters. The highest BCUT2D eigenvalue weighted by Crippen LogP contribution is 2.24. The molecular weight excluding hydrogens is 372 g/mol. The second-order valence-electron chi connectivity index (χ2n) is 5.36. The Labute approximate surface area is 149 Å². The van der Waals surface area contributed by atoms with Gasteiger partial charge in [-0.3, -0.25) is 9.59 Å². The molecule has 0 aliphatic rings. The van der Waals surface area contributed by atoms with E-state index < -0.39 is 6.10 Å². The van der Waals surface area contributed by atoms with Crippen LogP contribution < -0.4 is 15.4 Å². The van der Waals surface area contributed by atoms with Crippen molar-refractivity contribution < 1.29 is 14.3 Å². The number of amides is 2. The fourth-order valence-corrected chi connectivity index (χ4v) is 2.37. The van der Waals surface area contributed by atoms with Gasteiger partial charge in [0.2, 0.25) is 5.91 Å². The minimum absolute atomic E-state index is 0.159. The zero-order chi connectivity index (χ0) is 17.7. The van der Waals surface area contributed by atoms with Gasteiger partial charge in [0, 0.05) is 22.8 Å². The number of hydrogen-bond acceptors (Lipinski definition) is 3. The van der Waals surface area contributed by atoms with Crippen LogP contribution in [0.4, 0.5) is 11.4 Å². The van der Waals surface area contributed by atoms with Gasteiger partial charge >= 0.3 is 0 Å². The van der Waals surface area contributed by atoms with Crippen molar-refractivity contribution in [1.29, 1.82) is 0 Å². The average Bonchev–Trinajstić information content (AvgIpc) is 2.53. The van der Waals surface area contributed by atoms with Gasteiger partial charge in [0.1, 0.15) is 5.75 Å². The second-order valence-corrected chi connectivity index (χ2v) is 6.28. The minimum atomic E-state index is -0.657. The number of carbonyl (C=O) groups excluding carboxylic acids is 2. The lowest BCUT2D eigenvalue weighted by Crippen LogP contribution is -2.30. The SMILES string of the molecule is CC(=O)Nc1cccc(NC(=O)C(C)Oc2ccc(Br)cc2)c1C. The van der Waals surface area contributed by atoms with Gasteiger partial charge in [-0.25, -0.2) is 0 Å². The van der Waals surface area contributed by atoms with Crippen LogP contribution in [-0.4, -0.2) is 17.9 Å². The second kappa shape index (κ2) is 7.97. The third-order valence-electron chi connectivity index (χ3n) is 3.40. The first-order valence-electron chi connectivity index (χ1n) is 7.47. The summed E-state index contributed by atoms with van der Waals surface area (Å²) < 4.78 is 6.58. The Morgan fingerprint density at radius 3 is 2.21 bits per heavy atom. The molecule has 2 amide bonds. The van der Waals surface area contributed by atoms with Gasteiger partial charge in [0.25, 0.3) is 5.91 Å². The maximum Gasteiger partial charge on any atom is 0.265 e. The fraction of sp³-hybridized carbons (Fsp3) is 0.222. The molecule has 2 aromatic rings. The first-order valence-corrected chi connectivity index (χ1v) is 8.26. The van der Waals surface area contributed by atoms with Crippen molar-refractivity contribution in [2.75, 3.05) is 10.6 Å². The monoisotopic (exact) mass is 390 g/mol. The summed E-state index contributed by atoms with van der Waals surface area (Å²) in [5.74, 6) is 0.194. The van der Waals surface area contributed by atoms with Crippen LogP contribution in [0.3, 0.4) is 0 Å². The molecule has 1 atom stereocenters. The summed E-state index contributed by atoms with van der Waals surface area (Å²) in [5, 5.41) is 5.57. The Bertz CT molecular complexity index is 744. The Morgan fingerprint density at radius 2 is 1.62 bits per heavy atom. The maximum atomic E-state index is 12.3. The number of carbonyl (C=O) groups is 2. The van der Waals surface area contributed by atoms with Crippen molar-refractivity contribution in [3.8, 4) is 5.75 Å². The molecule has 0 aliphatic heterocycles. The van der Waals surface area contributed by atoms with Crippen LogP contribution in [-0.2, 0) is 9.59 Å². The smallest absolute Gasteiger partial charge is 0.265 e. The summed E-state index contributed by atoms with van der Waals surface area (Å²) in [5.41, 5.74) is 2.09. The van der Waals surface area contributed by atoms with E-state index in [1.54, 1.807) is 37.3 Å². The van der Waals surface area contributed by atoms with E-state index in [9.17, 15) is 9.59 Å². The molecule has 0 fully saturated rings. The first kappa shape index (κ1) is 18.0. The minimum Gasteiger partial charge on any atom is -0.481 e. The van der Waals surface area contributed by atoms with E-state index in [0.717, 1.165) is 10.0 Å². The molecule has 2 aromatic carbocycles. The first-order chi connectivity index (χ1) is 11.4. The van der Waals surface area contributed by atoms with Crippen LogP contribution >= 0.6 is 15.9 Å². The van der Waals surface area contributed by atoms with Gasteiger partial charge in [-0.05, 0) is 55.8 Å². The predicted molar refractivity (Wildman–Crippen MR) is 98.3 cm³/mol. The van der Waals surface area contributed by atoms with Crippen LogP contribution in [0.15, 0.2) is 46.9 Å². The number of benzene rings is 2. The van der Waals surface area contributed by atoms with Gasteiger partial charge < -0.3 is 15.4 Å². The highest BCUT2D eigenvalue weighted by molar-refractivity contribution is 9.10. The molecule has 5 nitrogen and oxygen atoms in total. The van der Waals surface area contributed by atoms with Crippen molar-refractivity contribution in [2.24, 2.45) is 0 Å². The lowest BCUT2D eigenvalue weighted by atomic mass is 10.1. The number of anilines is 2. The molecule has 24 heavy (non-hydrogen) atoms. The molecule has 0 saturated carbocycles. The number of ether oxygens (including phenoxy) is 1. The summed E-state index contributed by atoms with van der Waals surface area (Å²) in [6.07, 6.45) is -0.657. The van der Waals surface area contributed by atoms with Gasteiger partial charge in [0.05, 0.1) is 0 Å². The van der Waals surface area contributed by atoms with E-state index in [2.05, 4.69) is 26.6 Å². The molecule has 0 saturated heterocycles. The molecule has 0 radical (unpaired) electrons. The van der Waals surface area contributed by atoms with Gasteiger partial charge in [-0.2, -0.15) is 0 Å². The summed E-state index contributed by atoms with van der Waals surface area (Å²) in [4.78, 5) is 23.5. The Kier molecular flexibility index (Phi) is 5.98. The van der Waals surface area contributed by atoms with E-state index in [0.29, 0.717) is 17.1 Å². The van der Waals surface area contributed by atoms with E-state index in [-0.39, 0.29) is 11.8 Å². The van der Waals surface area contributed by atoms with Crippen LogP contribution in [0.25, 0.3) is 0 Å². The van der Waals surface area contributed by atoms with Crippen molar-refractivity contribution in [3.05, 3.63) is 52.5 Å². The zero-order valence-electron chi connectivity index (χ0n) is 13.7. The van der Waals surface area contributed by atoms with Crippen molar-refractivity contribution in [1.82, 2.24) is 0 Å². The maximum absolute atomic E-state index is 12.3. The third kappa shape index (κ3) is 4.83. The number of nitrogens with one attached hydrogen (secondary N) is 2. The Hall–Kier alpha value is -2.34. The van der Waals surface area contributed by atoms with E-state index >= 15 is 0 Å². The lowest BCUT2D eigenvalue weighted by molar-refractivity contribution is -0.122.